The quantitative estimate of drug-likeness (QED) is 0.744. The molecule has 8 heteroatoms. The smallest absolute Gasteiger partial charge is 0.251 e. The maximum atomic E-state index is 13.0. The van der Waals surface area contributed by atoms with Gasteiger partial charge in [-0.25, -0.2) is 9.37 Å². The van der Waals surface area contributed by atoms with Gasteiger partial charge in [-0.15, -0.1) is 0 Å². The predicted octanol–water partition coefficient (Wildman–Crippen LogP) is 1.33. The molecule has 0 unspecified atom stereocenters. The number of rotatable bonds is 3. The van der Waals surface area contributed by atoms with E-state index in [0.717, 1.165) is 31.5 Å². The third kappa shape index (κ3) is 3.40. The van der Waals surface area contributed by atoms with Gasteiger partial charge in [-0.05, 0) is 44.0 Å². The van der Waals surface area contributed by atoms with Crippen LogP contribution in [0.4, 0.5) is 4.39 Å². The molecule has 7 nitrogen and oxygen atoms in total. The summed E-state index contributed by atoms with van der Waals surface area (Å²) in [6.45, 7) is 3.79. The van der Waals surface area contributed by atoms with Crippen molar-refractivity contribution in [3.63, 3.8) is 0 Å². The van der Waals surface area contributed by atoms with Gasteiger partial charge in [-0.2, -0.15) is 0 Å². The molecule has 0 bridgehead atoms. The molecule has 2 aliphatic rings. The van der Waals surface area contributed by atoms with E-state index in [0.29, 0.717) is 18.7 Å². The highest BCUT2D eigenvalue weighted by Gasteiger charge is 2.42. The van der Waals surface area contributed by atoms with Crippen molar-refractivity contribution in [3.05, 3.63) is 53.4 Å². The van der Waals surface area contributed by atoms with Crippen LogP contribution in [0.1, 0.15) is 41.5 Å². The van der Waals surface area contributed by atoms with E-state index in [9.17, 15) is 14.0 Å². The number of halogens is 1. The molecule has 1 fully saturated rings. The zero-order valence-electron chi connectivity index (χ0n) is 15.8. The summed E-state index contributed by atoms with van der Waals surface area (Å²) >= 11 is 0. The molecule has 3 N–H and O–H groups in total. The Kier molecular flexibility index (Phi) is 4.89. The van der Waals surface area contributed by atoms with Crippen LogP contribution >= 0.6 is 0 Å². The number of nitrogens with zero attached hydrogens (tertiary/aromatic N) is 2. The molecule has 2 aliphatic heterocycles. The lowest BCUT2D eigenvalue weighted by atomic mass is 9.80. The Morgan fingerprint density at radius 3 is 2.68 bits per heavy atom. The van der Waals surface area contributed by atoms with E-state index in [1.165, 1.54) is 30.0 Å². The lowest BCUT2D eigenvalue weighted by Gasteiger charge is -2.44. The number of H-pyrrole nitrogens is 1. The number of fused-ring (bicyclic) bond motifs is 2. The zero-order valence-corrected chi connectivity index (χ0v) is 15.8. The number of benzene rings is 1. The van der Waals surface area contributed by atoms with Crippen molar-refractivity contribution in [2.75, 3.05) is 19.6 Å². The minimum Gasteiger partial charge on any atom is -0.348 e. The summed E-state index contributed by atoms with van der Waals surface area (Å²) in [6.07, 6.45) is 4.25. The van der Waals surface area contributed by atoms with E-state index >= 15 is 0 Å². The fraction of sp³-hybridized carbons (Fsp3) is 0.450. The van der Waals surface area contributed by atoms with Gasteiger partial charge in [-0.3, -0.25) is 9.59 Å². The lowest BCUT2D eigenvalue weighted by Crippen LogP contribution is -2.57. The van der Waals surface area contributed by atoms with Gasteiger partial charge in [-0.1, -0.05) is 0 Å². The summed E-state index contributed by atoms with van der Waals surface area (Å²) in [5.41, 5.74) is 2.41. The number of piperidine rings is 1. The highest BCUT2D eigenvalue weighted by Crippen LogP contribution is 2.35. The molecule has 0 saturated carbocycles. The number of carbonyl (C=O) groups is 2. The molecule has 0 aliphatic carbocycles. The number of amides is 2. The highest BCUT2D eigenvalue weighted by molar-refractivity contribution is 5.97. The summed E-state index contributed by atoms with van der Waals surface area (Å²) in [4.78, 5) is 34.6. The monoisotopic (exact) mass is 385 g/mol. The Morgan fingerprint density at radius 2 is 1.96 bits per heavy atom. The number of hydrogen-bond donors (Lipinski definition) is 3. The minimum atomic E-state index is -0.646. The molecule has 2 amide bonds. The van der Waals surface area contributed by atoms with Crippen LogP contribution in [0.5, 0.6) is 0 Å². The van der Waals surface area contributed by atoms with E-state index in [-0.39, 0.29) is 17.4 Å². The van der Waals surface area contributed by atoms with E-state index in [1.807, 2.05) is 0 Å². The largest absolute Gasteiger partial charge is 0.348 e. The number of nitrogens with one attached hydrogen (secondary N) is 3. The van der Waals surface area contributed by atoms with Gasteiger partial charge in [0.15, 0.2) is 0 Å². The van der Waals surface area contributed by atoms with Crippen LogP contribution in [0.3, 0.4) is 0 Å². The SMILES string of the molecule is C[C@H](NC(=O)c1ccc(F)cc1)C(=O)N1CCC2(CC1)NCCc1[nH]cnc12. The Hall–Kier alpha value is -2.74. The van der Waals surface area contributed by atoms with Crippen molar-refractivity contribution in [1.29, 1.82) is 0 Å². The van der Waals surface area contributed by atoms with Crippen molar-refractivity contribution in [2.45, 2.75) is 37.8 Å². The predicted molar refractivity (Wildman–Crippen MR) is 101 cm³/mol. The average molecular weight is 385 g/mol. The number of aromatic amines is 1. The maximum absolute atomic E-state index is 13.0. The summed E-state index contributed by atoms with van der Waals surface area (Å²) in [6, 6.07) is 4.62. The summed E-state index contributed by atoms with van der Waals surface area (Å²) in [5.74, 6) is -0.896. The molecule has 2 aromatic rings. The molecular weight excluding hydrogens is 361 g/mol. The number of hydrogen-bond acceptors (Lipinski definition) is 4. The van der Waals surface area contributed by atoms with Gasteiger partial charge in [0.25, 0.3) is 5.91 Å². The van der Waals surface area contributed by atoms with Crippen molar-refractivity contribution >= 4 is 11.8 Å². The molecule has 1 aromatic heterocycles. The molecule has 28 heavy (non-hydrogen) atoms. The molecular formula is C20H24FN5O2. The van der Waals surface area contributed by atoms with Crippen molar-refractivity contribution in [3.8, 4) is 0 Å². The number of aromatic nitrogens is 2. The molecule has 1 saturated heterocycles. The summed E-state index contributed by atoms with van der Waals surface area (Å²) < 4.78 is 13.0. The first-order valence-electron chi connectivity index (χ1n) is 9.61. The standard InChI is InChI=1S/C20H24FN5O2/c1-13(25-18(27)14-2-4-15(21)5-3-14)19(28)26-10-7-20(8-11-26)17-16(6-9-24-20)22-12-23-17/h2-5,12-13,24H,6-11H2,1H3,(H,22,23)(H,25,27)/t13-/m0/s1. The molecule has 148 valence electrons. The van der Waals surface area contributed by atoms with Gasteiger partial charge in [0.2, 0.25) is 5.91 Å². The first-order valence-corrected chi connectivity index (χ1v) is 9.61. The Morgan fingerprint density at radius 1 is 1.25 bits per heavy atom. The molecule has 1 spiro atoms. The third-order valence-electron chi connectivity index (χ3n) is 5.76. The van der Waals surface area contributed by atoms with Gasteiger partial charge in [0, 0.05) is 37.3 Å². The minimum absolute atomic E-state index is 0.108. The Bertz CT molecular complexity index is 871. The molecule has 3 heterocycles. The molecule has 4 rings (SSSR count). The second kappa shape index (κ2) is 7.35. The van der Waals surface area contributed by atoms with Gasteiger partial charge < -0.3 is 20.5 Å². The second-order valence-corrected chi connectivity index (χ2v) is 7.52. The van der Waals surface area contributed by atoms with E-state index < -0.39 is 11.9 Å². The van der Waals surface area contributed by atoms with Gasteiger partial charge >= 0.3 is 0 Å². The Balaban J connectivity index is 1.36. The van der Waals surface area contributed by atoms with Crippen LogP contribution in [0.15, 0.2) is 30.6 Å². The number of carbonyl (C=O) groups excluding carboxylic acids is 2. The van der Waals surface area contributed by atoms with Crippen LogP contribution in [0.25, 0.3) is 0 Å². The van der Waals surface area contributed by atoms with Crippen LogP contribution < -0.4 is 10.6 Å². The molecule has 0 radical (unpaired) electrons. The van der Waals surface area contributed by atoms with Crippen molar-refractivity contribution in [1.82, 2.24) is 25.5 Å². The Labute approximate surface area is 162 Å². The van der Waals surface area contributed by atoms with Gasteiger partial charge in [0.1, 0.15) is 11.9 Å². The fourth-order valence-corrected chi connectivity index (χ4v) is 4.17. The highest BCUT2D eigenvalue weighted by atomic mass is 19.1. The van der Waals surface area contributed by atoms with Crippen LogP contribution in [-0.4, -0.2) is 52.4 Å². The van der Waals surface area contributed by atoms with Crippen molar-refractivity contribution in [2.24, 2.45) is 0 Å². The third-order valence-corrected chi connectivity index (χ3v) is 5.76. The molecule has 1 aromatic carbocycles. The van der Waals surface area contributed by atoms with Crippen LogP contribution in [-0.2, 0) is 16.8 Å². The first kappa shape index (κ1) is 18.6. The second-order valence-electron chi connectivity index (χ2n) is 7.52. The van der Waals surface area contributed by atoms with E-state index in [2.05, 4.69) is 20.6 Å². The van der Waals surface area contributed by atoms with Crippen molar-refractivity contribution < 1.29 is 14.0 Å². The number of imidazole rings is 1. The van der Waals surface area contributed by atoms with E-state index in [1.54, 1.807) is 18.2 Å². The lowest BCUT2D eigenvalue weighted by molar-refractivity contribution is -0.134. The summed E-state index contributed by atoms with van der Waals surface area (Å²) in [5, 5.41) is 6.31. The van der Waals surface area contributed by atoms with Crippen LogP contribution in [0.2, 0.25) is 0 Å². The zero-order chi connectivity index (χ0) is 19.7. The number of likely N-dealkylation sites (tertiary alicyclic amines) is 1. The fourth-order valence-electron chi connectivity index (χ4n) is 4.17. The average Bonchev–Trinajstić information content (AvgIpc) is 3.19. The van der Waals surface area contributed by atoms with Gasteiger partial charge in [0.05, 0.1) is 17.6 Å². The maximum Gasteiger partial charge on any atom is 0.251 e. The first-order chi connectivity index (χ1) is 13.5. The normalized spacial score (nSPS) is 19.1. The topological polar surface area (TPSA) is 90.1 Å². The summed E-state index contributed by atoms with van der Waals surface area (Å²) in [7, 11) is 0. The van der Waals surface area contributed by atoms with E-state index in [4.69, 9.17) is 0 Å². The van der Waals surface area contributed by atoms with Crippen LogP contribution in [0, 0.1) is 5.82 Å². The molecule has 1 atom stereocenters.